The van der Waals surface area contributed by atoms with E-state index in [9.17, 15) is 0 Å². The Kier molecular flexibility index (Phi) is 3.50. The van der Waals surface area contributed by atoms with E-state index < -0.39 is 0 Å². The molecule has 0 spiro atoms. The lowest BCUT2D eigenvalue weighted by Gasteiger charge is -2.07. The van der Waals surface area contributed by atoms with Gasteiger partial charge in [0.25, 0.3) is 0 Å². The number of nitrogen functional groups attached to an aromatic ring is 1. The second-order valence-corrected chi connectivity index (χ2v) is 5.09. The third-order valence-electron chi connectivity index (χ3n) is 3.49. The van der Waals surface area contributed by atoms with Crippen LogP contribution in [0, 0.1) is 13.8 Å². The van der Waals surface area contributed by atoms with E-state index in [1.807, 2.05) is 37.7 Å². The van der Waals surface area contributed by atoms with Crippen molar-refractivity contribution >= 4 is 5.69 Å². The van der Waals surface area contributed by atoms with E-state index in [0.29, 0.717) is 17.3 Å². The minimum Gasteiger partial charge on any atom is -0.439 e. The molecule has 0 unspecified atom stereocenters. The van der Waals surface area contributed by atoms with Crippen LogP contribution in [0.15, 0.2) is 36.7 Å². The Bertz CT molecular complexity index is 825. The molecular formula is C16H17N5O. The molecule has 0 aliphatic rings. The molecule has 0 atom stereocenters. The van der Waals surface area contributed by atoms with E-state index in [-0.39, 0.29) is 0 Å². The lowest BCUT2D eigenvalue weighted by molar-refractivity contribution is 0.462. The second-order valence-electron chi connectivity index (χ2n) is 5.09. The summed E-state index contributed by atoms with van der Waals surface area (Å²) in [7, 11) is 1.91. The summed E-state index contributed by atoms with van der Waals surface area (Å²) in [6.45, 7) is 3.97. The number of rotatable bonds is 3. The number of nitrogens with two attached hydrogens (primary N) is 1. The molecule has 1 aromatic carbocycles. The summed E-state index contributed by atoms with van der Waals surface area (Å²) in [6.07, 6.45) is 1.49. The van der Waals surface area contributed by atoms with Gasteiger partial charge in [-0.1, -0.05) is 6.07 Å². The van der Waals surface area contributed by atoms with Crippen LogP contribution < -0.4 is 10.5 Å². The van der Waals surface area contributed by atoms with Crippen molar-refractivity contribution in [2.75, 3.05) is 5.73 Å². The maximum atomic E-state index is 5.75. The number of benzene rings is 1. The summed E-state index contributed by atoms with van der Waals surface area (Å²) < 4.78 is 7.59. The van der Waals surface area contributed by atoms with Gasteiger partial charge in [0.05, 0.1) is 11.4 Å². The number of nitrogens with zero attached hydrogens (tertiary/aromatic N) is 4. The zero-order valence-electron chi connectivity index (χ0n) is 12.7. The van der Waals surface area contributed by atoms with Crippen molar-refractivity contribution in [1.29, 1.82) is 0 Å². The SMILES string of the molecule is Cc1nn(C)c(C)c1-c1cc(Oc2cccc(N)c2)ncn1. The predicted octanol–water partition coefficient (Wildman–Crippen LogP) is 2.87. The highest BCUT2D eigenvalue weighted by Crippen LogP contribution is 2.28. The van der Waals surface area contributed by atoms with Gasteiger partial charge in [-0.3, -0.25) is 4.68 Å². The smallest absolute Gasteiger partial charge is 0.222 e. The van der Waals surface area contributed by atoms with Crippen LogP contribution >= 0.6 is 0 Å². The van der Waals surface area contributed by atoms with Crippen molar-refractivity contribution < 1.29 is 4.74 Å². The van der Waals surface area contributed by atoms with E-state index in [4.69, 9.17) is 10.5 Å². The van der Waals surface area contributed by atoms with E-state index >= 15 is 0 Å². The normalized spacial score (nSPS) is 10.7. The minimum atomic E-state index is 0.471. The molecule has 0 aliphatic carbocycles. The lowest BCUT2D eigenvalue weighted by atomic mass is 10.1. The maximum Gasteiger partial charge on any atom is 0.222 e. The van der Waals surface area contributed by atoms with Gasteiger partial charge in [0, 0.05) is 36.1 Å². The Morgan fingerprint density at radius 2 is 1.95 bits per heavy atom. The van der Waals surface area contributed by atoms with Crippen LogP contribution in [-0.4, -0.2) is 19.7 Å². The number of aromatic nitrogens is 4. The highest BCUT2D eigenvalue weighted by molar-refractivity contribution is 5.65. The molecule has 0 saturated carbocycles. The fourth-order valence-electron chi connectivity index (χ4n) is 2.38. The molecule has 0 bridgehead atoms. The number of hydrogen-bond acceptors (Lipinski definition) is 5. The first-order valence-electron chi connectivity index (χ1n) is 6.90. The summed E-state index contributed by atoms with van der Waals surface area (Å²) in [5.41, 5.74) is 10.2. The van der Waals surface area contributed by atoms with Gasteiger partial charge in [-0.2, -0.15) is 5.10 Å². The average Bonchev–Trinajstić information content (AvgIpc) is 2.72. The molecule has 2 N–H and O–H groups in total. The molecule has 112 valence electrons. The zero-order valence-corrected chi connectivity index (χ0v) is 12.7. The Labute approximate surface area is 128 Å². The molecule has 3 aromatic rings. The molecule has 0 saturated heterocycles. The fourth-order valence-corrected chi connectivity index (χ4v) is 2.38. The topological polar surface area (TPSA) is 78.9 Å². The monoisotopic (exact) mass is 295 g/mol. The Balaban J connectivity index is 1.96. The standard InChI is InChI=1S/C16H17N5O/c1-10-16(11(2)21(3)20-10)14-8-15(19-9-18-14)22-13-6-4-5-12(17)7-13/h4-9H,17H2,1-3H3. The first-order chi connectivity index (χ1) is 10.5. The first-order valence-corrected chi connectivity index (χ1v) is 6.90. The van der Waals surface area contributed by atoms with Gasteiger partial charge in [-0.15, -0.1) is 0 Å². The summed E-state index contributed by atoms with van der Waals surface area (Å²) in [6, 6.07) is 9.03. The van der Waals surface area contributed by atoms with Gasteiger partial charge in [-0.25, -0.2) is 9.97 Å². The number of ether oxygens (including phenoxy) is 1. The molecular weight excluding hydrogens is 278 g/mol. The van der Waals surface area contributed by atoms with Gasteiger partial charge in [0.2, 0.25) is 5.88 Å². The number of hydrogen-bond donors (Lipinski definition) is 1. The van der Waals surface area contributed by atoms with Gasteiger partial charge < -0.3 is 10.5 Å². The van der Waals surface area contributed by atoms with Crippen molar-refractivity contribution in [2.24, 2.45) is 7.05 Å². The largest absolute Gasteiger partial charge is 0.439 e. The van der Waals surface area contributed by atoms with Crippen molar-refractivity contribution in [1.82, 2.24) is 19.7 Å². The average molecular weight is 295 g/mol. The Hall–Kier alpha value is -2.89. The van der Waals surface area contributed by atoms with Crippen molar-refractivity contribution in [3.05, 3.63) is 48.0 Å². The van der Waals surface area contributed by atoms with Gasteiger partial charge >= 0.3 is 0 Å². The van der Waals surface area contributed by atoms with Crippen molar-refractivity contribution in [3.63, 3.8) is 0 Å². The fraction of sp³-hybridized carbons (Fsp3) is 0.188. The second kappa shape index (κ2) is 5.48. The highest BCUT2D eigenvalue weighted by Gasteiger charge is 2.14. The van der Waals surface area contributed by atoms with Gasteiger partial charge in [-0.05, 0) is 26.0 Å². The molecule has 0 radical (unpaired) electrons. The summed E-state index contributed by atoms with van der Waals surface area (Å²) >= 11 is 0. The number of anilines is 1. The van der Waals surface area contributed by atoms with Crippen LogP contribution in [0.3, 0.4) is 0 Å². The Morgan fingerprint density at radius 3 is 2.64 bits per heavy atom. The van der Waals surface area contributed by atoms with E-state index in [1.165, 1.54) is 6.33 Å². The van der Waals surface area contributed by atoms with Crippen LogP contribution in [0.4, 0.5) is 5.69 Å². The molecule has 6 nitrogen and oxygen atoms in total. The van der Waals surface area contributed by atoms with Gasteiger partial charge in [0.15, 0.2) is 0 Å². The molecule has 2 heterocycles. The molecule has 6 heteroatoms. The highest BCUT2D eigenvalue weighted by atomic mass is 16.5. The van der Waals surface area contributed by atoms with Crippen molar-refractivity contribution in [3.8, 4) is 22.9 Å². The lowest BCUT2D eigenvalue weighted by Crippen LogP contribution is -1.95. The molecule has 0 aliphatic heterocycles. The molecule has 2 aromatic heterocycles. The molecule has 22 heavy (non-hydrogen) atoms. The van der Waals surface area contributed by atoms with E-state index in [2.05, 4.69) is 15.1 Å². The van der Waals surface area contributed by atoms with E-state index in [1.54, 1.807) is 18.2 Å². The molecule has 0 fully saturated rings. The summed E-state index contributed by atoms with van der Waals surface area (Å²) in [5, 5.41) is 4.41. The quantitative estimate of drug-likeness (QED) is 0.752. The maximum absolute atomic E-state index is 5.75. The zero-order chi connectivity index (χ0) is 15.7. The minimum absolute atomic E-state index is 0.471. The van der Waals surface area contributed by atoms with Crippen LogP contribution in [0.5, 0.6) is 11.6 Å². The summed E-state index contributed by atoms with van der Waals surface area (Å²) in [5.74, 6) is 1.11. The molecule has 3 rings (SSSR count). The Morgan fingerprint density at radius 1 is 1.14 bits per heavy atom. The van der Waals surface area contributed by atoms with Crippen LogP contribution in [0.1, 0.15) is 11.4 Å². The first kappa shape index (κ1) is 14.1. The van der Waals surface area contributed by atoms with Crippen molar-refractivity contribution in [2.45, 2.75) is 13.8 Å². The third-order valence-corrected chi connectivity index (χ3v) is 3.49. The third kappa shape index (κ3) is 2.63. The van der Waals surface area contributed by atoms with Crippen LogP contribution in [0.2, 0.25) is 0 Å². The summed E-state index contributed by atoms with van der Waals surface area (Å²) in [4.78, 5) is 8.49. The van der Waals surface area contributed by atoms with Crippen LogP contribution in [-0.2, 0) is 7.05 Å². The predicted molar refractivity (Wildman–Crippen MR) is 84.6 cm³/mol. The molecule has 0 amide bonds. The van der Waals surface area contributed by atoms with E-state index in [0.717, 1.165) is 22.6 Å². The van der Waals surface area contributed by atoms with Crippen LogP contribution in [0.25, 0.3) is 11.3 Å². The number of aryl methyl sites for hydroxylation is 2. The van der Waals surface area contributed by atoms with Gasteiger partial charge in [0.1, 0.15) is 12.1 Å².